The van der Waals surface area contributed by atoms with E-state index in [1.54, 1.807) is 6.07 Å². The SMILES string of the molecule is CC(Nc1ccc(NC(=O)C2CNCCO2)cc1Cl)c1ccccc1.Cl. The van der Waals surface area contributed by atoms with Crippen LogP contribution in [0.1, 0.15) is 18.5 Å². The number of carbonyl (C=O) groups excluding carboxylic acids is 1. The molecule has 0 spiro atoms. The zero-order valence-electron chi connectivity index (χ0n) is 14.5. The van der Waals surface area contributed by atoms with E-state index in [0.717, 1.165) is 12.2 Å². The van der Waals surface area contributed by atoms with Crippen LogP contribution in [0.2, 0.25) is 5.02 Å². The molecule has 2 unspecified atom stereocenters. The number of amides is 1. The van der Waals surface area contributed by atoms with Crippen molar-refractivity contribution in [2.45, 2.75) is 19.1 Å². The molecule has 1 fully saturated rings. The predicted octanol–water partition coefficient (Wildman–Crippen LogP) is 3.86. The lowest BCUT2D eigenvalue weighted by atomic mass is 10.1. The number of halogens is 2. The van der Waals surface area contributed by atoms with E-state index < -0.39 is 6.10 Å². The van der Waals surface area contributed by atoms with Gasteiger partial charge in [0.15, 0.2) is 0 Å². The zero-order chi connectivity index (χ0) is 17.6. The molecule has 2 aromatic carbocycles. The molecule has 1 aliphatic rings. The molecule has 2 atom stereocenters. The minimum Gasteiger partial charge on any atom is -0.377 e. The Bertz CT molecular complexity index is 722. The number of hydrogen-bond donors (Lipinski definition) is 3. The second kappa shape index (κ2) is 9.78. The van der Waals surface area contributed by atoms with Crippen molar-refractivity contribution < 1.29 is 9.53 Å². The first-order chi connectivity index (χ1) is 12.1. The molecule has 1 aliphatic heterocycles. The summed E-state index contributed by atoms with van der Waals surface area (Å²) >= 11 is 6.37. The summed E-state index contributed by atoms with van der Waals surface area (Å²) in [6, 6.07) is 15.7. The van der Waals surface area contributed by atoms with Gasteiger partial charge in [0.25, 0.3) is 5.91 Å². The standard InChI is InChI=1S/C19H22ClN3O2.ClH/c1-13(14-5-3-2-4-6-14)22-17-8-7-15(11-16(17)20)23-19(24)18-12-21-9-10-25-18;/h2-8,11,13,18,21-22H,9-10,12H2,1H3,(H,23,24);1H. The molecule has 1 amide bonds. The Morgan fingerprint density at radius 3 is 2.69 bits per heavy atom. The van der Waals surface area contributed by atoms with Gasteiger partial charge in [0.1, 0.15) is 6.10 Å². The fraction of sp³-hybridized carbons (Fsp3) is 0.316. The lowest BCUT2D eigenvalue weighted by Crippen LogP contribution is -2.45. The number of benzene rings is 2. The second-order valence-electron chi connectivity index (χ2n) is 6.02. The zero-order valence-corrected chi connectivity index (χ0v) is 16.1. The Morgan fingerprint density at radius 1 is 1.27 bits per heavy atom. The minimum absolute atomic E-state index is 0. The first kappa shape index (κ1) is 20.5. The quantitative estimate of drug-likeness (QED) is 0.718. The topological polar surface area (TPSA) is 62.4 Å². The van der Waals surface area contributed by atoms with Crippen LogP contribution in [-0.2, 0) is 9.53 Å². The smallest absolute Gasteiger partial charge is 0.254 e. The molecule has 0 bridgehead atoms. The van der Waals surface area contributed by atoms with Crippen molar-refractivity contribution in [3.8, 4) is 0 Å². The fourth-order valence-corrected chi connectivity index (χ4v) is 2.96. The van der Waals surface area contributed by atoms with E-state index in [2.05, 4.69) is 35.0 Å². The summed E-state index contributed by atoms with van der Waals surface area (Å²) in [5.74, 6) is -0.165. The molecule has 0 aliphatic carbocycles. The average Bonchev–Trinajstić information content (AvgIpc) is 2.65. The molecule has 1 saturated heterocycles. The van der Waals surface area contributed by atoms with Crippen molar-refractivity contribution >= 4 is 41.3 Å². The highest BCUT2D eigenvalue weighted by Crippen LogP contribution is 2.29. The van der Waals surface area contributed by atoms with Gasteiger partial charge in [0, 0.05) is 24.8 Å². The van der Waals surface area contributed by atoms with Crippen LogP contribution in [0.3, 0.4) is 0 Å². The fourth-order valence-electron chi connectivity index (χ4n) is 2.72. The Kier molecular flexibility index (Phi) is 7.72. The summed E-state index contributed by atoms with van der Waals surface area (Å²) in [7, 11) is 0. The Balaban J connectivity index is 0.00000243. The van der Waals surface area contributed by atoms with Crippen LogP contribution in [-0.4, -0.2) is 31.7 Å². The number of nitrogens with one attached hydrogen (secondary N) is 3. The lowest BCUT2D eigenvalue weighted by molar-refractivity contribution is -0.128. The molecule has 0 aromatic heterocycles. The van der Waals surface area contributed by atoms with Crippen LogP contribution < -0.4 is 16.0 Å². The van der Waals surface area contributed by atoms with Gasteiger partial charge < -0.3 is 20.7 Å². The Morgan fingerprint density at radius 2 is 2.04 bits per heavy atom. The Hall–Kier alpha value is -1.79. The van der Waals surface area contributed by atoms with Crippen molar-refractivity contribution in [3.05, 3.63) is 59.1 Å². The summed E-state index contributed by atoms with van der Waals surface area (Å²) in [5.41, 5.74) is 2.66. The van der Waals surface area contributed by atoms with Crippen LogP contribution in [0.4, 0.5) is 11.4 Å². The van der Waals surface area contributed by atoms with Gasteiger partial charge in [0.2, 0.25) is 0 Å². The molecular weight excluding hydrogens is 373 g/mol. The highest BCUT2D eigenvalue weighted by Gasteiger charge is 2.21. The molecule has 1 heterocycles. The van der Waals surface area contributed by atoms with Crippen LogP contribution in [0.25, 0.3) is 0 Å². The van der Waals surface area contributed by atoms with Gasteiger partial charge in [-0.2, -0.15) is 0 Å². The van der Waals surface area contributed by atoms with E-state index in [0.29, 0.717) is 23.9 Å². The molecule has 2 aromatic rings. The summed E-state index contributed by atoms with van der Waals surface area (Å²) in [6.45, 7) is 3.91. The summed E-state index contributed by atoms with van der Waals surface area (Å²) in [5, 5.41) is 9.94. The third-order valence-corrected chi connectivity index (χ3v) is 4.44. The van der Waals surface area contributed by atoms with Crippen molar-refractivity contribution in [2.24, 2.45) is 0 Å². The molecule has 5 nitrogen and oxygen atoms in total. The number of ether oxygens (including phenoxy) is 1. The molecule has 0 saturated carbocycles. The molecule has 0 radical (unpaired) electrons. The normalized spacial score (nSPS) is 17.7. The van der Waals surface area contributed by atoms with Crippen LogP contribution in [0, 0.1) is 0 Å². The molecule has 140 valence electrons. The van der Waals surface area contributed by atoms with Gasteiger partial charge >= 0.3 is 0 Å². The van der Waals surface area contributed by atoms with Gasteiger partial charge in [-0.3, -0.25) is 4.79 Å². The van der Waals surface area contributed by atoms with Gasteiger partial charge in [0.05, 0.1) is 17.3 Å². The van der Waals surface area contributed by atoms with Crippen LogP contribution in [0.5, 0.6) is 0 Å². The van der Waals surface area contributed by atoms with E-state index in [9.17, 15) is 4.79 Å². The largest absolute Gasteiger partial charge is 0.377 e. The van der Waals surface area contributed by atoms with E-state index in [1.807, 2.05) is 30.3 Å². The summed E-state index contributed by atoms with van der Waals surface area (Å²) < 4.78 is 5.45. The number of carbonyl (C=O) groups is 1. The van der Waals surface area contributed by atoms with Crippen LogP contribution >= 0.6 is 24.0 Å². The molecule has 7 heteroatoms. The first-order valence-electron chi connectivity index (χ1n) is 8.37. The minimum atomic E-state index is -0.469. The van der Waals surface area contributed by atoms with Crippen molar-refractivity contribution in [3.63, 3.8) is 0 Å². The number of morpholine rings is 1. The van der Waals surface area contributed by atoms with E-state index in [1.165, 1.54) is 5.56 Å². The van der Waals surface area contributed by atoms with Gasteiger partial charge in [-0.05, 0) is 30.7 Å². The maximum absolute atomic E-state index is 12.2. The van der Waals surface area contributed by atoms with Gasteiger partial charge in [-0.1, -0.05) is 41.9 Å². The van der Waals surface area contributed by atoms with E-state index >= 15 is 0 Å². The average molecular weight is 396 g/mol. The highest BCUT2D eigenvalue weighted by molar-refractivity contribution is 6.33. The van der Waals surface area contributed by atoms with E-state index in [-0.39, 0.29) is 24.4 Å². The number of rotatable bonds is 5. The van der Waals surface area contributed by atoms with Crippen molar-refractivity contribution in [1.29, 1.82) is 0 Å². The highest BCUT2D eigenvalue weighted by atomic mass is 35.5. The van der Waals surface area contributed by atoms with Crippen molar-refractivity contribution in [2.75, 3.05) is 30.3 Å². The molecule has 3 N–H and O–H groups in total. The summed E-state index contributed by atoms with van der Waals surface area (Å²) in [4.78, 5) is 12.2. The molecule has 26 heavy (non-hydrogen) atoms. The first-order valence-corrected chi connectivity index (χ1v) is 8.75. The third kappa shape index (κ3) is 5.35. The number of hydrogen-bond acceptors (Lipinski definition) is 4. The van der Waals surface area contributed by atoms with Crippen molar-refractivity contribution in [1.82, 2.24) is 5.32 Å². The predicted molar refractivity (Wildman–Crippen MR) is 108 cm³/mol. The maximum atomic E-state index is 12.2. The van der Waals surface area contributed by atoms with E-state index in [4.69, 9.17) is 16.3 Å². The Labute approximate surface area is 164 Å². The summed E-state index contributed by atoms with van der Waals surface area (Å²) in [6.07, 6.45) is -0.469. The van der Waals surface area contributed by atoms with Crippen LogP contribution in [0.15, 0.2) is 48.5 Å². The second-order valence-corrected chi connectivity index (χ2v) is 6.43. The molecule has 3 rings (SSSR count). The monoisotopic (exact) mass is 395 g/mol. The maximum Gasteiger partial charge on any atom is 0.254 e. The number of anilines is 2. The van der Waals surface area contributed by atoms with Gasteiger partial charge in [-0.15, -0.1) is 12.4 Å². The molecular formula is C19H23Cl2N3O2. The third-order valence-electron chi connectivity index (χ3n) is 4.13. The van der Waals surface area contributed by atoms with Gasteiger partial charge in [-0.25, -0.2) is 0 Å². The lowest BCUT2D eigenvalue weighted by Gasteiger charge is -2.23.